The van der Waals surface area contributed by atoms with Crippen molar-refractivity contribution in [1.29, 1.82) is 0 Å². The maximum atomic E-state index is 15.6. The Morgan fingerprint density at radius 2 is 1.73 bits per heavy atom. The van der Waals surface area contributed by atoms with Gasteiger partial charge in [0.1, 0.15) is 30.1 Å². The molecule has 64 heavy (non-hydrogen) atoms. The topological polar surface area (TPSA) is 149 Å². The van der Waals surface area contributed by atoms with Crippen LogP contribution in [-0.2, 0) is 28.5 Å². The number of likely N-dealkylation sites (tertiary alicyclic amines) is 2. The molecular weight excluding hydrogens is 828 g/mol. The highest BCUT2D eigenvalue weighted by Crippen LogP contribution is 2.41. The number of nitrogens with zero attached hydrogens (tertiary/aromatic N) is 5. The molecular formula is C48H58F3N7O6. The van der Waals surface area contributed by atoms with E-state index in [2.05, 4.69) is 20.4 Å². The third-order valence-electron chi connectivity index (χ3n) is 13.7. The number of nitrogens with one attached hydrogen (secondary N) is 2. The van der Waals surface area contributed by atoms with Crippen LogP contribution in [0, 0.1) is 12.7 Å². The lowest BCUT2D eigenvalue weighted by molar-refractivity contribution is -0.136. The van der Waals surface area contributed by atoms with E-state index < -0.39 is 30.5 Å². The smallest absolute Gasteiger partial charge is 0.295 e. The number of halogens is 3. The molecule has 0 aliphatic carbocycles. The summed E-state index contributed by atoms with van der Waals surface area (Å²) in [6.45, 7) is 7.42. The van der Waals surface area contributed by atoms with Crippen molar-refractivity contribution in [1.82, 2.24) is 30.0 Å². The molecule has 3 aromatic carbocycles. The van der Waals surface area contributed by atoms with Gasteiger partial charge in [-0.15, -0.1) is 0 Å². The molecule has 2 atom stereocenters. The van der Waals surface area contributed by atoms with Crippen molar-refractivity contribution in [3.63, 3.8) is 0 Å². The van der Waals surface area contributed by atoms with E-state index in [-0.39, 0.29) is 48.5 Å². The van der Waals surface area contributed by atoms with Crippen LogP contribution < -0.4 is 20.1 Å². The van der Waals surface area contributed by atoms with E-state index in [1.165, 1.54) is 23.1 Å². The first-order valence-corrected chi connectivity index (χ1v) is 22.5. The fourth-order valence-electron chi connectivity index (χ4n) is 10.2. The van der Waals surface area contributed by atoms with Gasteiger partial charge in [-0.05, 0) is 139 Å². The van der Waals surface area contributed by atoms with Gasteiger partial charge in [0.25, 0.3) is 11.8 Å². The molecule has 16 heteroatoms. The molecule has 3 fully saturated rings. The van der Waals surface area contributed by atoms with Gasteiger partial charge in [0, 0.05) is 47.1 Å². The number of fused-ring (bicyclic) bond motifs is 2. The van der Waals surface area contributed by atoms with Gasteiger partial charge < -0.3 is 34.6 Å². The number of imide groups is 1. The highest BCUT2D eigenvalue weighted by Gasteiger charge is 2.40. The number of piperidine rings is 3. The average Bonchev–Trinajstić information content (AvgIpc) is 3.61. The first kappa shape index (κ1) is 45.3. The molecule has 1 unspecified atom stereocenters. The number of benzene rings is 3. The lowest BCUT2D eigenvalue weighted by Gasteiger charge is -2.42. The number of hydrogen-bond donors (Lipinski definition) is 3. The predicted octanol–water partition coefficient (Wildman–Crippen LogP) is 6.78. The van der Waals surface area contributed by atoms with Crippen molar-refractivity contribution in [2.45, 2.75) is 108 Å². The highest BCUT2D eigenvalue weighted by molar-refractivity contribution is 6.05. The van der Waals surface area contributed by atoms with E-state index in [9.17, 15) is 28.3 Å². The van der Waals surface area contributed by atoms with Crippen LogP contribution in [0.2, 0.25) is 0 Å². The number of amides is 3. The fraction of sp³-hybridized carbons (Fsp3) is 0.521. The number of aliphatic hydroxyl groups excluding tert-OH is 1. The number of carbonyl (C=O) groups excluding carboxylic acids is 3. The maximum Gasteiger partial charge on any atom is 0.295 e. The number of aromatic nitrogens is 2. The Kier molecular flexibility index (Phi) is 13.5. The predicted molar refractivity (Wildman–Crippen MR) is 235 cm³/mol. The van der Waals surface area contributed by atoms with Crippen LogP contribution in [0.15, 0.2) is 42.5 Å². The normalized spacial score (nSPS) is 19.8. The first-order chi connectivity index (χ1) is 30.8. The molecule has 0 spiro atoms. The molecule has 13 nitrogen and oxygen atoms in total. The van der Waals surface area contributed by atoms with Gasteiger partial charge >= 0.3 is 0 Å². The van der Waals surface area contributed by atoms with E-state index in [1.54, 1.807) is 26.4 Å². The van der Waals surface area contributed by atoms with E-state index >= 15 is 4.39 Å². The maximum absolute atomic E-state index is 15.6. The number of anilines is 1. The standard InChI is InChI=1S/C48H58F3N7O6/c1-28(31-8-7-9-33(22-31)48(50,51)27-59)52-45-38-25-41(63-3)44(64-4)35(43(38)53-29(2)54-45)10-5-6-17-56-18-15-34(16-19-56)57-20-13-30(14-21-57)36-23-32-26-58(47(62)37(32)24-39(36)49)40-11-12-42(60)55-46(40)61/h7-9,22-25,28,30,34,40,59H,5-6,10-21,26-27H2,1-4H3,(H,52,53,54)(H,55,60,61)/t28-,40?/m1/s1. The van der Waals surface area contributed by atoms with E-state index in [4.69, 9.17) is 19.4 Å². The molecule has 3 saturated heterocycles. The minimum Gasteiger partial charge on any atom is -0.493 e. The van der Waals surface area contributed by atoms with Gasteiger partial charge in [-0.3, -0.25) is 19.7 Å². The van der Waals surface area contributed by atoms with E-state index in [0.717, 1.165) is 93.3 Å². The van der Waals surface area contributed by atoms with Crippen LogP contribution in [0.1, 0.15) is 114 Å². The van der Waals surface area contributed by atoms with Crippen LogP contribution in [-0.4, -0.2) is 113 Å². The number of alkyl halides is 2. The van der Waals surface area contributed by atoms with E-state index in [1.807, 2.05) is 26.0 Å². The number of hydrogen-bond acceptors (Lipinski definition) is 11. The first-order valence-electron chi connectivity index (χ1n) is 22.5. The van der Waals surface area contributed by atoms with Gasteiger partial charge in [0.2, 0.25) is 11.8 Å². The molecule has 3 amide bonds. The summed E-state index contributed by atoms with van der Waals surface area (Å²) in [5, 5.41) is 15.7. The van der Waals surface area contributed by atoms with Crippen LogP contribution in [0.3, 0.4) is 0 Å². The Morgan fingerprint density at radius 3 is 2.44 bits per heavy atom. The molecule has 1 aromatic heterocycles. The number of methoxy groups -OCH3 is 2. The quantitative estimate of drug-likeness (QED) is 0.0858. The second-order valence-corrected chi connectivity index (χ2v) is 17.7. The van der Waals surface area contributed by atoms with Crippen LogP contribution in [0.25, 0.3) is 10.9 Å². The third-order valence-corrected chi connectivity index (χ3v) is 13.7. The molecule has 342 valence electrons. The summed E-state index contributed by atoms with van der Waals surface area (Å²) in [5.74, 6) is -2.55. The lowest BCUT2D eigenvalue weighted by atomic mass is 9.86. The van der Waals surface area contributed by atoms with Gasteiger partial charge in [0.15, 0.2) is 11.5 Å². The molecule has 3 N–H and O–H groups in total. The number of rotatable bonds is 15. The summed E-state index contributed by atoms with van der Waals surface area (Å²) in [6, 6.07) is 10.4. The zero-order valence-electron chi connectivity index (χ0n) is 37.0. The monoisotopic (exact) mass is 885 g/mol. The molecule has 0 radical (unpaired) electrons. The molecule has 4 aliphatic rings. The number of ether oxygens (including phenoxy) is 2. The molecule has 0 saturated carbocycles. The Bertz CT molecular complexity index is 2400. The van der Waals surface area contributed by atoms with Crippen molar-refractivity contribution in [2.75, 3.05) is 58.9 Å². The van der Waals surface area contributed by atoms with Crippen molar-refractivity contribution in [3.05, 3.63) is 87.5 Å². The van der Waals surface area contributed by atoms with Crippen LogP contribution >= 0.6 is 0 Å². The number of aliphatic hydroxyl groups is 1. The second-order valence-electron chi connectivity index (χ2n) is 17.7. The molecule has 4 aromatic rings. The number of carbonyl (C=O) groups is 3. The summed E-state index contributed by atoms with van der Waals surface area (Å²) >= 11 is 0. The third kappa shape index (κ3) is 9.27. The summed E-state index contributed by atoms with van der Waals surface area (Å²) in [6.07, 6.45) is 6.83. The fourth-order valence-corrected chi connectivity index (χ4v) is 10.2. The minimum atomic E-state index is -3.35. The van der Waals surface area contributed by atoms with Gasteiger partial charge in [-0.25, -0.2) is 14.4 Å². The molecule has 0 bridgehead atoms. The Morgan fingerprint density at radius 1 is 0.969 bits per heavy atom. The van der Waals surface area contributed by atoms with Crippen molar-refractivity contribution < 1.29 is 42.1 Å². The number of aryl methyl sites for hydroxylation is 2. The van der Waals surface area contributed by atoms with Crippen molar-refractivity contribution >= 4 is 34.4 Å². The summed E-state index contributed by atoms with van der Waals surface area (Å²) in [7, 11) is 3.22. The van der Waals surface area contributed by atoms with Gasteiger partial charge in [0.05, 0.1) is 19.7 Å². The summed E-state index contributed by atoms with van der Waals surface area (Å²) in [5.41, 5.74) is 3.73. The van der Waals surface area contributed by atoms with Gasteiger partial charge in [-0.1, -0.05) is 24.3 Å². The average molecular weight is 886 g/mol. The molecule has 5 heterocycles. The summed E-state index contributed by atoms with van der Waals surface area (Å²) < 4.78 is 56.0. The number of unbranched alkanes of at least 4 members (excludes halogenated alkanes) is 1. The summed E-state index contributed by atoms with van der Waals surface area (Å²) in [4.78, 5) is 53.5. The molecule has 4 aliphatic heterocycles. The van der Waals surface area contributed by atoms with Crippen LogP contribution in [0.5, 0.6) is 11.5 Å². The lowest BCUT2D eigenvalue weighted by Crippen LogP contribution is -2.52. The highest BCUT2D eigenvalue weighted by atomic mass is 19.3. The largest absolute Gasteiger partial charge is 0.493 e. The zero-order chi connectivity index (χ0) is 45.3. The van der Waals surface area contributed by atoms with E-state index in [0.29, 0.717) is 52.3 Å². The van der Waals surface area contributed by atoms with Crippen molar-refractivity contribution in [3.8, 4) is 11.5 Å². The van der Waals surface area contributed by atoms with Crippen LogP contribution in [0.4, 0.5) is 19.0 Å². The Balaban J connectivity index is 0.841. The minimum absolute atomic E-state index is 0.0579. The zero-order valence-corrected chi connectivity index (χ0v) is 37.0. The molecule has 8 rings (SSSR count). The SMILES string of the molecule is COc1cc2c(N[C@H](C)c3cccc(C(F)(F)CO)c3)nc(C)nc2c(CCCCN2CCC(N3CCC(c4cc5c(cc4F)C(=O)N(C4CCC(=O)NC4=O)C5)CC3)CC2)c1OC. The second kappa shape index (κ2) is 19.0. The Labute approximate surface area is 371 Å². The van der Waals surface area contributed by atoms with Crippen molar-refractivity contribution in [2.24, 2.45) is 0 Å². The Hall–Kier alpha value is -5.32. The van der Waals surface area contributed by atoms with Gasteiger partial charge in [-0.2, -0.15) is 8.78 Å².